The molecule has 4 saturated carbocycles. The van der Waals surface area contributed by atoms with Crippen molar-refractivity contribution in [3.63, 3.8) is 0 Å². The summed E-state index contributed by atoms with van der Waals surface area (Å²) >= 11 is 0. The molecular formula is C41H62O14. The third-order valence-electron chi connectivity index (χ3n) is 16.9. The van der Waals surface area contributed by atoms with E-state index in [2.05, 4.69) is 41.5 Å². The number of aliphatic hydroxyl groups excluding tert-OH is 5. The Balaban J connectivity index is 1.17. The summed E-state index contributed by atoms with van der Waals surface area (Å²) in [6, 6.07) is 0. The quantitative estimate of drug-likeness (QED) is 0.193. The van der Waals surface area contributed by atoms with Crippen LogP contribution in [-0.2, 0) is 33.3 Å². The highest BCUT2D eigenvalue weighted by molar-refractivity contribution is 5.95. The molecule has 5 aliphatic carbocycles. The first-order valence-electron chi connectivity index (χ1n) is 20.2. The fourth-order valence-electron chi connectivity index (χ4n) is 13.1. The van der Waals surface area contributed by atoms with Crippen LogP contribution in [0.2, 0.25) is 0 Å². The van der Waals surface area contributed by atoms with E-state index >= 15 is 0 Å². The minimum absolute atomic E-state index is 0.0107. The normalized spacial score (nSPS) is 53.5. The second-order valence-corrected chi connectivity index (χ2v) is 20.1. The molecule has 2 aliphatic heterocycles. The molecule has 0 aromatic rings. The van der Waals surface area contributed by atoms with E-state index in [0.717, 1.165) is 37.7 Å². The summed E-state index contributed by atoms with van der Waals surface area (Å²) in [5.74, 6) is -2.50. The second-order valence-electron chi connectivity index (χ2n) is 20.1. The smallest absolute Gasteiger partial charge is 0.335 e. The molecule has 2 heterocycles. The van der Waals surface area contributed by atoms with Gasteiger partial charge in [0, 0.05) is 5.92 Å². The lowest BCUT2D eigenvalue weighted by Crippen LogP contribution is -2.68. The zero-order valence-electron chi connectivity index (χ0n) is 33.1. The molecule has 0 radical (unpaired) electrons. The molecule has 7 aliphatic rings. The highest BCUT2D eigenvalue weighted by Crippen LogP contribution is 2.75. The number of rotatable bonds is 6. The lowest BCUT2D eigenvalue weighted by atomic mass is 9.33. The number of hydrogen-bond donors (Lipinski definition) is 7. The molecule has 310 valence electrons. The number of carboxylic acids is 2. The van der Waals surface area contributed by atoms with Crippen LogP contribution in [0.15, 0.2) is 11.6 Å². The molecule has 0 amide bonds. The minimum atomic E-state index is -1.92. The van der Waals surface area contributed by atoms with E-state index < -0.39 is 89.6 Å². The van der Waals surface area contributed by atoms with Crippen LogP contribution in [0.3, 0.4) is 0 Å². The Bertz CT molecular complexity index is 1600. The molecule has 0 spiro atoms. The molecule has 0 aromatic carbocycles. The standard InChI is InChI=1S/C41H62O14/c1-36(2)23-8-11-41(7)31(21(42)16-19-20-17-38(4,35(50)51)13-12-37(20,3)14-15-40(19,41)6)39(23,5)10-9-24(36)53-34-30(27(46)26(45)29(54-34)32(48)49)55-33-28(47)25(44)22(43)18-52-33/h16,20,22-31,33-34,43-47H,8-15,17-18H2,1-7H3,(H,48,49)(H,50,51). The second kappa shape index (κ2) is 13.5. The van der Waals surface area contributed by atoms with Gasteiger partial charge in [0.05, 0.1) is 18.1 Å². The molecule has 6 fully saturated rings. The molecule has 14 heteroatoms. The maximum Gasteiger partial charge on any atom is 0.335 e. The summed E-state index contributed by atoms with van der Waals surface area (Å²) in [7, 11) is 0. The van der Waals surface area contributed by atoms with Crippen molar-refractivity contribution in [2.24, 2.45) is 50.2 Å². The zero-order valence-corrected chi connectivity index (χ0v) is 33.1. The van der Waals surface area contributed by atoms with E-state index in [-0.39, 0.29) is 46.4 Å². The van der Waals surface area contributed by atoms with Crippen LogP contribution in [0.5, 0.6) is 0 Å². The van der Waals surface area contributed by atoms with Crippen molar-refractivity contribution in [1.82, 2.24) is 0 Å². The lowest BCUT2D eigenvalue weighted by molar-refractivity contribution is -0.365. The molecule has 0 aromatic heterocycles. The van der Waals surface area contributed by atoms with Gasteiger partial charge in [0.1, 0.15) is 36.6 Å². The van der Waals surface area contributed by atoms with Crippen molar-refractivity contribution in [2.75, 3.05) is 6.61 Å². The molecule has 7 N–H and O–H groups in total. The van der Waals surface area contributed by atoms with Crippen LogP contribution in [0.4, 0.5) is 0 Å². The van der Waals surface area contributed by atoms with E-state index in [4.69, 9.17) is 18.9 Å². The van der Waals surface area contributed by atoms with Gasteiger partial charge in [0.2, 0.25) is 0 Å². The molecule has 14 nitrogen and oxygen atoms in total. The number of fused-ring (bicyclic) bond motifs is 7. The Labute approximate surface area is 322 Å². The number of carbonyl (C=O) groups excluding carboxylic acids is 1. The summed E-state index contributed by atoms with van der Waals surface area (Å²) in [4.78, 5) is 39.4. The number of ketones is 1. The molecule has 2 saturated heterocycles. The van der Waals surface area contributed by atoms with E-state index in [0.29, 0.717) is 25.7 Å². The number of hydrogen-bond acceptors (Lipinski definition) is 12. The molecular weight excluding hydrogens is 716 g/mol. The Morgan fingerprint density at radius 1 is 0.782 bits per heavy atom. The molecule has 18 atom stereocenters. The Hall–Kier alpha value is -2.01. The van der Waals surface area contributed by atoms with Crippen molar-refractivity contribution in [3.05, 3.63) is 11.6 Å². The SMILES string of the molecule is CC1(C(=O)O)CCC2(C)CCC3(C)C(=CC(=O)C4C5(C)CCC(OC6OC(C(=O)O)C(O)C(O)C6OC6OCC(O)C(O)C6O)C(C)(C)C5CCC43C)C2C1. The van der Waals surface area contributed by atoms with Crippen molar-refractivity contribution < 1.29 is 69.1 Å². The summed E-state index contributed by atoms with van der Waals surface area (Å²) < 4.78 is 23.7. The number of carboxylic acid groups (broad SMARTS) is 2. The summed E-state index contributed by atoms with van der Waals surface area (Å²) in [5, 5.41) is 72.8. The van der Waals surface area contributed by atoms with Crippen molar-refractivity contribution in [2.45, 2.75) is 168 Å². The van der Waals surface area contributed by atoms with Crippen LogP contribution in [0.1, 0.15) is 106 Å². The van der Waals surface area contributed by atoms with Gasteiger partial charge in [-0.1, -0.05) is 47.1 Å². The third-order valence-corrected chi connectivity index (χ3v) is 16.9. The number of carbonyl (C=O) groups is 3. The first-order chi connectivity index (χ1) is 25.4. The first kappa shape index (κ1) is 41.2. The van der Waals surface area contributed by atoms with Crippen molar-refractivity contribution >= 4 is 17.7 Å². The minimum Gasteiger partial charge on any atom is -0.481 e. The summed E-state index contributed by atoms with van der Waals surface area (Å²) in [6.07, 6.45) is -7.13. The van der Waals surface area contributed by atoms with E-state index in [1.54, 1.807) is 0 Å². The van der Waals surface area contributed by atoms with Gasteiger partial charge >= 0.3 is 11.9 Å². The highest BCUT2D eigenvalue weighted by atomic mass is 16.8. The van der Waals surface area contributed by atoms with Crippen molar-refractivity contribution in [3.8, 4) is 0 Å². The fraction of sp³-hybridized carbons (Fsp3) is 0.878. The zero-order chi connectivity index (χ0) is 40.4. The Morgan fingerprint density at radius 3 is 2.11 bits per heavy atom. The number of aliphatic carboxylic acids is 2. The maximum absolute atomic E-state index is 14.8. The topological polar surface area (TPSA) is 230 Å². The van der Waals surface area contributed by atoms with Gasteiger partial charge < -0.3 is 54.7 Å². The van der Waals surface area contributed by atoms with Crippen LogP contribution < -0.4 is 0 Å². The van der Waals surface area contributed by atoms with Gasteiger partial charge in [-0.3, -0.25) is 9.59 Å². The first-order valence-corrected chi connectivity index (χ1v) is 20.2. The lowest BCUT2D eigenvalue weighted by Gasteiger charge is -2.70. The van der Waals surface area contributed by atoms with E-state index in [1.807, 2.05) is 13.0 Å². The van der Waals surface area contributed by atoms with Crippen LogP contribution in [-0.4, -0.2) is 121 Å². The van der Waals surface area contributed by atoms with Gasteiger partial charge in [-0.2, -0.15) is 0 Å². The Kier molecular flexibility index (Phi) is 10.1. The molecule has 18 unspecified atom stereocenters. The van der Waals surface area contributed by atoms with E-state index in [9.17, 15) is 50.1 Å². The highest BCUT2D eigenvalue weighted by Gasteiger charge is 2.71. The predicted octanol–water partition coefficient (Wildman–Crippen LogP) is 2.79. The fourth-order valence-corrected chi connectivity index (χ4v) is 13.1. The van der Waals surface area contributed by atoms with Crippen LogP contribution in [0.25, 0.3) is 0 Å². The van der Waals surface area contributed by atoms with Gasteiger partial charge in [-0.05, 0) is 110 Å². The monoisotopic (exact) mass is 778 g/mol. The summed E-state index contributed by atoms with van der Waals surface area (Å²) in [6.45, 7) is 14.7. The maximum atomic E-state index is 14.8. The predicted molar refractivity (Wildman–Crippen MR) is 193 cm³/mol. The van der Waals surface area contributed by atoms with Gasteiger partial charge in [-0.25, -0.2) is 4.79 Å². The van der Waals surface area contributed by atoms with Gasteiger partial charge in [0.15, 0.2) is 24.5 Å². The van der Waals surface area contributed by atoms with Crippen LogP contribution >= 0.6 is 0 Å². The van der Waals surface area contributed by atoms with Gasteiger partial charge in [-0.15, -0.1) is 0 Å². The number of aliphatic hydroxyl groups is 5. The average Bonchev–Trinajstić information content (AvgIpc) is 3.10. The molecule has 0 bridgehead atoms. The number of allylic oxidation sites excluding steroid dienone is 2. The average molecular weight is 779 g/mol. The molecule has 7 rings (SSSR count). The largest absolute Gasteiger partial charge is 0.481 e. The molecule has 55 heavy (non-hydrogen) atoms. The van der Waals surface area contributed by atoms with E-state index in [1.165, 1.54) is 0 Å². The van der Waals surface area contributed by atoms with Crippen LogP contribution in [0, 0.1) is 50.2 Å². The van der Waals surface area contributed by atoms with Gasteiger partial charge in [0.25, 0.3) is 0 Å². The van der Waals surface area contributed by atoms with Crippen molar-refractivity contribution in [1.29, 1.82) is 0 Å². The Morgan fingerprint density at radius 2 is 1.45 bits per heavy atom. The third kappa shape index (κ3) is 6.01. The number of ether oxygens (including phenoxy) is 4. The summed E-state index contributed by atoms with van der Waals surface area (Å²) in [5.41, 5.74) is -1.48.